The van der Waals surface area contributed by atoms with E-state index in [2.05, 4.69) is 28.1 Å². The lowest BCUT2D eigenvalue weighted by Gasteiger charge is -2.16. The Kier molecular flexibility index (Phi) is 27.7. The number of phosphoric ester groups is 4. The molecule has 0 saturated carbocycles. The van der Waals surface area contributed by atoms with E-state index in [1.54, 1.807) is 0 Å². The second-order valence-corrected chi connectivity index (χ2v) is 24.1. The summed E-state index contributed by atoms with van der Waals surface area (Å²) in [6, 6.07) is 0. The van der Waals surface area contributed by atoms with Crippen LogP contribution >= 0.6 is 31.3 Å². The van der Waals surface area contributed by atoms with Gasteiger partial charge in [-0.05, 0) is 0 Å². The first-order chi connectivity index (χ1) is 40.4. The van der Waals surface area contributed by atoms with E-state index in [1.165, 1.54) is 34.4 Å². The van der Waals surface area contributed by atoms with Crippen molar-refractivity contribution in [3.8, 4) is 0 Å². The standard InChI is InChI=1S/C11H17N2O9P.2C10H15N2O9P.C9H13N2O9P.2CH4/c1-12-3-5(10(16)13(2)11(12)17)9-8(15)7(14)6(22-9)4-21-23(18,19)20;1-12-2-4(9(15)11-10(12)16)8-7(14)6(13)5(21-8)3-20-22(17,18)19;1-12-9(15)4(2-11-10(12)16)8-7(14)6(13)5(21-8)3-20-22(17,18)19;12-5-4(2-19-21(16,17)18)20-7(6(5)13)3-1-10-9(15)11-8(3)14;;/h3,6-9,14-15H,4H2,1-2H3,(H2,18,19,20);2,5-8,13-14H,3H2,1H3,(H,11,15,16)(H2,17,18,19);2,5-8,13-14H,3H2,1H3,(H,11,16)(H2,17,18,19);1,4-7,12-13H,2H2,(H2,16,17,18)(H2,10,11,14,15);2*1H4/t6-,7-,8-,9+;2*5-,6-,7-,8+;4-,5-,6-,7+;;/m1111../s1. The van der Waals surface area contributed by atoms with E-state index in [1.807, 2.05) is 9.97 Å². The maximum Gasteiger partial charge on any atom is 0.469 e. The molecule has 8 heterocycles. The summed E-state index contributed by atoms with van der Waals surface area (Å²) in [4.78, 5) is 170. The van der Waals surface area contributed by atoms with Gasteiger partial charge in [-0.1, -0.05) is 14.9 Å². The number of aryl methyl sites for hydroxylation is 2. The number of phosphoric acid groups is 4. The van der Waals surface area contributed by atoms with Gasteiger partial charge in [0.15, 0.2) is 0 Å². The number of aliphatic hydroxyl groups is 8. The number of aromatic nitrogens is 8. The Labute approximate surface area is 501 Å². The molecule has 0 aliphatic carbocycles. The lowest BCUT2D eigenvalue weighted by atomic mass is 10.0. The van der Waals surface area contributed by atoms with Crippen molar-refractivity contribution in [2.24, 2.45) is 28.2 Å². The molecule has 512 valence electrons. The second kappa shape index (κ2) is 31.5. The smallest absolute Gasteiger partial charge is 0.387 e. The van der Waals surface area contributed by atoms with Crippen molar-refractivity contribution in [3.63, 3.8) is 0 Å². The first-order valence-electron chi connectivity index (χ1n) is 24.5. The van der Waals surface area contributed by atoms with Crippen LogP contribution < -0.4 is 45.0 Å². The molecule has 4 aromatic heterocycles. The molecule has 0 radical (unpaired) electrons. The number of nitrogens with zero attached hydrogens (tertiary/aromatic N) is 4. The van der Waals surface area contributed by atoms with Crippen LogP contribution in [0.25, 0.3) is 0 Å². The summed E-state index contributed by atoms with van der Waals surface area (Å²) in [6.07, 6.45) is -17.8. The van der Waals surface area contributed by atoms with Gasteiger partial charge in [0, 0.05) is 53.0 Å². The summed E-state index contributed by atoms with van der Waals surface area (Å²) in [5.74, 6) is 0. The third kappa shape index (κ3) is 20.3. The van der Waals surface area contributed by atoms with E-state index in [9.17, 15) is 97.5 Å². The lowest BCUT2D eigenvalue weighted by Crippen LogP contribution is -2.40. The molecule has 4 aliphatic heterocycles. The third-order valence-corrected chi connectivity index (χ3v) is 14.9. The van der Waals surface area contributed by atoms with Crippen LogP contribution in [-0.4, -0.2) is 218 Å². The minimum atomic E-state index is -4.77. The first kappa shape index (κ1) is 78.9. The van der Waals surface area contributed by atoms with Gasteiger partial charge in [0.25, 0.3) is 22.2 Å². The van der Waals surface area contributed by atoms with Crippen LogP contribution in [-0.2, 0) is 83.5 Å². The van der Waals surface area contributed by atoms with Crippen molar-refractivity contribution in [3.05, 3.63) is 130 Å². The normalized spacial score (nSPS) is 28.3. The summed E-state index contributed by atoms with van der Waals surface area (Å²) in [7, 11) is -13.8. The Hall–Kier alpha value is -5.32. The highest BCUT2D eigenvalue weighted by atomic mass is 31.2. The Morgan fingerprint density at radius 2 is 0.722 bits per heavy atom. The van der Waals surface area contributed by atoms with Crippen molar-refractivity contribution in [1.82, 2.24) is 38.2 Å². The van der Waals surface area contributed by atoms with Crippen LogP contribution in [0.2, 0.25) is 0 Å². The van der Waals surface area contributed by atoms with Gasteiger partial charge in [0.05, 0.1) is 48.7 Å². The summed E-state index contributed by atoms with van der Waals surface area (Å²) >= 11 is 0. The molecule has 0 spiro atoms. The number of aromatic amines is 4. The summed E-state index contributed by atoms with van der Waals surface area (Å²) in [5.41, 5.74) is -6.11. The lowest BCUT2D eigenvalue weighted by molar-refractivity contribution is -0.0230. The Balaban J connectivity index is 0.000000311. The molecule has 16 atom stereocenters. The largest absolute Gasteiger partial charge is 0.469 e. The fourth-order valence-corrected chi connectivity index (χ4v) is 9.86. The van der Waals surface area contributed by atoms with E-state index in [0.717, 1.165) is 36.9 Å². The number of rotatable bonds is 16. The van der Waals surface area contributed by atoms with E-state index >= 15 is 0 Å². The maximum absolute atomic E-state index is 12.1. The van der Waals surface area contributed by atoms with Gasteiger partial charge in [0.1, 0.15) is 97.7 Å². The SMILES string of the molecule is C.C.Cn1c(=O)[nH]cc([C@@H]2O[C@H](COP(=O)(O)O)[C@@H](O)[C@H]2O)c1=O.Cn1cc([C@@H]2O[C@H](COP(=O)(O)O)[C@@H](O)[C@H]2O)c(=O)[nH]c1=O.Cn1cc([C@@H]2O[C@H](COP(=O)(O)O)[C@@H](O)[C@H]2O)c(=O)n(C)c1=O.O=c1[nH]cc([C@@H]2O[C@H](COP(=O)(O)O)[C@@H](O)[C@H]2O)c(=O)[nH]1. The Bertz CT molecular complexity index is 3750. The third-order valence-electron chi connectivity index (χ3n) is 13.0. The van der Waals surface area contributed by atoms with Crippen molar-refractivity contribution in [2.75, 3.05) is 26.4 Å². The number of ether oxygens (including phenoxy) is 4. The van der Waals surface area contributed by atoms with Crippen LogP contribution in [0.4, 0.5) is 0 Å². The highest BCUT2D eigenvalue weighted by molar-refractivity contribution is 7.47. The number of nitrogens with one attached hydrogen (secondary N) is 4. The monoisotopic (exact) mass is 1380 g/mol. The molecule has 4 aromatic rings. The van der Waals surface area contributed by atoms with E-state index in [4.69, 9.17) is 58.1 Å². The maximum atomic E-state index is 12.1. The average Bonchev–Trinajstić information content (AvgIpc) is 1.65. The average molecular weight is 1380 g/mol. The predicted octanol–water partition coefficient (Wildman–Crippen LogP) is -9.35. The molecule has 4 aliphatic rings. The Morgan fingerprint density at radius 1 is 0.411 bits per heavy atom. The van der Waals surface area contributed by atoms with Crippen LogP contribution in [0.1, 0.15) is 61.5 Å². The summed E-state index contributed by atoms with van der Waals surface area (Å²) in [5, 5.41) is 79.0. The predicted molar refractivity (Wildman–Crippen MR) is 293 cm³/mol. The minimum Gasteiger partial charge on any atom is -0.387 e. The van der Waals surface area contributed by atoms with Crippen molar-refractivity contribution in [1.29, 1.82) is 0 Å². The molecule has 44 nitrogen and oxygen atoms in total. The fraction of sp³-hybridized carbons (Fsp3) is 0.619. The first-order valence-corrected chi connectivity index (χ1v) is 30.6. The quantitative estimate of drug-likeness (QED) is 0.0463. The molecule has 0 amide bonds. The highest BCUT2D eigenvalue weighted by Gasteiger charge is 2.49. The fourth-order valence-electron chi connectivity index (χ4n) is 8.49. The number of hydrogen-bond acceptors (Lipinski definition) is 28. The van der Waals surface area contributed by atoms with Crippen LogP contribution in [0, 0.1) is 0 Å². The summed E-state index contributed by atoms with van der Waals surface area (Å²) < 4.78 is 84.1. The minimum absolute atomic E-state index is 0. The molecule has 0 aromatic carbocycles. The molecule has 90 heavy (non-hydrogen) atoms. The van der Waals surface area contributed by atoms with Crippen LogP contribution in [0.3, 0.4) is 0 Å². The van der Waals surface area contributed by atoms with Gasteiger partial charge < -0.3 is 118 Å². The molecule has 4 saturated heterocycles. The van der Waals surface area contributed by atoms with Crippen LogP contribution in [0.5, 0.6) is 0 Å². The molecule has 20 N–H and O–H groups in total. The zero-order valence-electron chi connectivity index (χ0n) is 45.3. The molecule has 4 fully saturated rings. The van der Waals surface area contributed by atoms with Crippen molar-refractivity contribution < 1.29 is 135 Å². The van der Waals surface area contributed by atoms with Gasteiger partial charge >= 0.3 is 54.0 Å². The number of aliphatic hydroxyl groups excluding tert-OH is 8. The van der Waals surface area contributed by atoms with Gasteiger partial charge in [-0.3, -0.25) is 56.4 Å². The van der Waals surface area contributed by atoms with Crippen molar-refractivity contribution in [2.45, 2.75) is 113 Å². The van der Waals surface area contributed by atoms with Crippen LogP contribution in [0.15, 0.2) is 63.1 Å². The zero-order valence-corrected chi connectivity index (χ0v) is 48.9. The van der Waals surface area contributed by atoms with Gasteiger partial charge in [-0.2, -0.15) is 0 Å². The molecule has 48 heteroatoms. The van der Waals surface area contributed by atoms with Gasteiger partial charge in [0.2, 0.25) is 0 Å². The Morgan fingerprint density at radius 3 is 1.09 bits per heavy atom. The zero-order chi connectivity index (χ0) is 66.6. The highest BCUT2D eigenvalue weighted by Crippen LogP contribution is 2.42. The van der Waals surface area contributed by atoms with Crippen molar-refractivity contribution >= 4 is 31.3 Å². The molecule has 0 unspecified atom stereocenters. The second-order valence-electron chi connectivity index (χ2n) is 19.2. The number of hydrogen-bond donors (Lipinski definition) is 20. The van der Waals surface area contributed by atoms with Gasteiger partial charge in [-0.15, -0.1) is 0 Å². The van der Waals surface area contributed by atoms with E-state index in [-0.39, 0.29) is 37.1 Å². The topological polar surface area (TPSA) is 685 Å². The summed E-state index contributed by atoms with van der Waals surface area (Å²) in [6.45, 7) is -2.71. The van der Waals surface area contributed by atoms with Gasteiger partial charge in [-0.25, -0.2) is 37.4 Å². The van der Waals surface area contributed by atoms with E-state index < -0.39 is 200 Å². The number of H-pyrrole nitrogens is 4. The molecular weight excluding hydrogens is 1320 g/mol. The molecule has 0 bridgehead atoms. The molecular formula is C42H68N8O36P4. The molecule has 8 rings (SSSR count). The van der Waals surface area contributed by atoms with E-state index in [0.29, 0.717) is 0 Å².